The predicted octanol–water partition coefficient (Wildman–Crippen LogP) is 3.72. The third kappa shape index (κ3) is 6.50. The van der Waals surface area contributed by atoms with Crippen LogP contribution in [-0.4, -0.2) is 25.5 Å². The van der Waals surface area contributed by atoms with Gasteiger partial charge in [-0.3, -0.25) is 0 Å². The second kappa shape index (κ2) is 6.61. The summed E-state index contributed by atoms with van der Waals surface area (Å²) in [6, 6.07) is 9.90. The molecule has 2 nitrogen and oxygen atoms in total. The van der Waals surface area contributed by atoms with Crippen LogP contribution < -0.4 is 4.74 Å². The fourth-order valence-corrected chi connectivity index (χ4v) is 2.49. The lowest BCUT2D eigenvalue weighted by Crippen LogP contribution is -2.30. The first-order chi connectivity index (χ1) is 7.47. The molecular formula is C12H19IO2Si. The summed E-state index contributed by atoms with van der Waals surface area (Å²) in [6.45, 7) is 8.09. The van der Waals surface area contributed by atoms with Crippen LogP contribution in [0.25, 0.3) is 0 Å². The van der Waals surface area contributed by atoms with Crippen molar-refractivity contribution in [2.24, 2.45) is 0 Å². The van der Waals surface area contributed by atoms with E-state index in [1.165, 1.54) is 0 Å². The van der Waals surface area contributed by atoms with E-state index in [0.717, 1.165) is 12.4 Å². The van der Waals surface area contributed by atoms with E-state index in [1.54, 1.807) is 0 Å². The molecule has 1 rings (SSSR count). The standard InChI is InChI=1S/C12H19IO2Si/c1-16(2,3)15-10-11(13)9-14-12-7-5-4-6-8-12/h4-8,11H,9-10H2,1-3H3. The Hall–Kier alpha value is -0.0731. The van der Waals surface area contributed by atoms with E-state index < -0.39 is 8.32 Å². The van der Waals surface area contributed by atoms with Crippen LogP contribution in [0.1, 0.15) is 0 Å². The molecule has 0 saturated heterocycles. The van der Waals surface area contributed by atoms with Gasteiger partial charge in [0.2, 0.25) is 0 Å². The molecule has 0 aliphatic carbocycles. The van der Waals surface area contributed by atoms with Crippen LogP contribution >= 0.6 is 22.6 Å². The van der Waals surface area contributed by atoms with Gasteiger partial charge in [0, 0.05) is 6.61 Å². The van der Waals surface area contributed by atoms with Gasteiger partial charge in [-0.05, 0) is 31.8 Å². The van der Waals surface area contributed by atoms with Gasteiger partial charge in [0.25, 0.3) is 0 Å². The maximum atomic E-state index is 5.83. The van der Waals surface area contributed by atoms with E-state index >= 15 is 0 Å². The van der Waals surface area contributed by atoms with Crippen molar-refractivity contribution < 1.29 is 9.16 Å². The zero-order valence-electron chi connectivity index (χ0n) is 10.1. The largest absolute Gasteiger partial charge is 0.492 e. The Labute approximate surface area is 113 Å². The van der Waals surface area contributed by atoms with Gasteiger partial charge in [0.1, 0.15) is 12.4 Å². The summed E-state index contributed by atoms with van der Waals surface area (Å²) in [7, 11) is -1.39. The molecule has 0 spiro atoms. The number of benzene rings is 1. The summed E-state index contributed by atoms with van der Waals surface area (Å²) in [5.41, 5.74) is 0. The zero-order valence-corrected chi connectivity index (χ0v) is 13.2. The molecule has 0 heterocycles. The molecule has 0 aliphatic rings. The molecular weight excluding hydrogens is 331 g/mol. The van der Waals surface area contributed by atoms with Gasteiger partial charge in [-0.2, -0.15) is 0 Å². The highest BCUT2D eigenvalue weighted by atomic mass is 127. The van der Waals surface area contributed by atoms with Crippen LogP contribution in [0, 0.1) is 0 Å². The molecule has 1 aromatic carbocycles. The number of rotatable bonds is 6. The summed E-state index contributed by atoms with van der Waals surface area (Å²) < 4.78 is 11.9. The van der Waals surface area contributed by atoms with Crippen molar-refractivity contribution in [3.05, 3.63) is 30.3 Å². The van der Waals surface area contributed by atoms with Gasteiger partial charge in [0.05, 0.1) is 3.92 Å². The lowest BCUT2D eigenvalue weighted by molar-refractivity contribution is 0.257. The van der Waals surface area contributed by atoms with Crippen LogP contribution in [0.5, 0.6) is 5.75 Å². The summed E-state index contributed by atoms with van der Waals surface area (Å²) >= 11 is 2.38. The van der Waals surface area contributed by atoms with E-state index in [2.05, 4.69) is 42.2 Å². The lowest BCUT2D eigenvalue weighted by atomic mass is 10.3. The Balaban J connectivity index is 2.23. The molecule has 4 heteroatoms. The van der Waals surface area contributed by atoms with Gasteiger partial charge < -0.3 is 9.16 Å². The summed E-state index contributed by atoms with van der Waals surface area (Å²) in [5, 5.41) is 0. The van der Waals surface area contributed by atoms with E-state index in [0.29, 0.717) is 10.5 Å². The van der Waals surface area contributed by atoms with Crippen molar-refractivity contribution in [1.82, 2.24) is 0 Å². The number of alkyl halides is 1. The molecule has 0 radical (unpaired) electrons. The van der Waals surface area contributed by atoms with Crippen molar-refractivity contribution in [3.63, 3.8) is 0 Å². The van der Waals surface area contributed by atoms with E-state index in [4.69, 9.17) is 9.16 Å². The molecule has 0 saturated carbocycles. The van der Waals surface area contributed by atoms with Crippen LogP contribution in [0.3, 0.4) is 0 Å². The molecule has 1 atom stereocenters. The molecule has 1 aromatic rings. The Morgan fingerprint density at radius 2 is 1.75 bits per heavy atom. The normalized spacial score (nSPS) is 13.5. The van der Waals surface area contributed by atoms with Gasteiger partial charge in [-0.15, -0.1) is 0 Å². The van der Waals surface area contributed by atoms with Crippen LogP contribution in [-0.2, 0) is 4.43 Å². The van der Waals surface area contributed by atoms with Crippen molar-refractivity contribution >= 4 is 30.9 Å². The first-order valence-corrected chi connectivity index (χ1v) is 10.1. The van der Waals surface area contributed by atoms with Gasteiger partial charge in [-0.1, -0.05) is 40.8 Å². The number of ether oxygens (including phenoxy) is 1. The highest BCUT2D eigenvalue weighted by molar-refractivity contribution is 14.1. The minimum Gasteiger partial charge on any atom is -0.492 e. The minimum atomic E-state index is -1.39. The number of halogens is 1. The highest BCUT2D eigenvalue weighted by Gasteiger charge is 2.16. The molecule has 16 heavy (non-hydrogen) atoms. The summed E-state index contributed by atoms with van der Waals surface area (Å²) in [4.78, 5) is 0. The minimum absolute atomic E-state index is 0.407. The topological polar surface area (TPSA) is 18.5 Å². The van der Waals surface area contributed by atoms with Gasteiger partial charge in [0.15, 0.2) is 8.32 Å². The third-order valence-corrected chi connectivity index (χ3v) is 3.62. The molecule has 0 fully saturated rings. The maximum absolute atomic E-state index is 5.83. The Morgan fingerprint density at radius 1 is 1.12 bits per heavy atom. The fourth-order valence-electron chi connectivity index (χ4n) is 1.09. The molecule has 0 bridgehead atoms. The van der Waals surface area contributed by atoms with Crippen LogP contribution in [0.4, 0.5) is 0 Å². The average molecular weight is 350 g/mol. The van der Waals surface area contributed by atoms with Gasteiger partial charge >= 0.3 is 0 Å². The van der Waals surface area contributed by atoms with Crippen LogP contribution in [0.15, 0.2) is 30.3 Å². The second-order valence-electron chi connectivity index (χ2n) is 4.64. The summed E-state index contributed by atoms with van der Waals surface area (Å²) in [6.07, 6.45) is 0. The molecule has 90 valence electrons. The number of hydrogen-bond acceptors (Lipinski definition) is 2. The first-order valence-electron chi connectivity index (χ1n) is 5.43. The molecule has 0 amide bonds. The molecule has 0 aliphatic heterocycles. The zero-order chi connectivity index (χ0) is 12.0. The SMILES string of the molecule is C[Si](C)(C)OCC(I)COc1ccccc1. The molecule has 0 N–H and O–H groups in total. The Kier molecular flexibility index (Phi) is 5.78. The molecule has 1 unspecified atom stereocenters. The van der Waals surface area contributed by atoms with Gasteiger partial charge in [-0.25, -0.2) is 0 Å². The molecule has 0 aromatic heterocycles. The van der Waals surface area contributed by atoms with Crippen molar-refractivity contribution in [2.45, 2.75) is 23.6 Å². The Bertz CT molecular complexity index is 298. The fraction of sp³-hybridized carbons (Fsp3) is 0.500. The summed E-state index contributed by atoms with van der Waals surface area (Å²) in [5.74, 6) is 0.928. The van der Waals surface area contributed by atoms with E-state index in [9.17, 15) is 0 Å². The van der Waals surface area contributed by atoms with Crippen LogP contribution in [0.2, 0.25) is 19.6 Å². The second-order valence-corrected chi connectivity index (χ2v) is 10.9. The average Bonchev–Trinajstić information content (AvgIpc) is 2.24. The number of hydrogen-bond donors (Lipinski definition) is 0. The third-order valence-electron chi connectivity index (χ3n) is 1.87. The highest BCUT2D eigenvalue weighted by Crippen LogP contribution is 2.12. The van der Waals surface area contributed by atoms with E-state index in [1.807, 2.05) is 30.3 Å². The monoisotopic (exact) mass is 350 g/mol. The van der Waals surface area contributed by atoms with Crippen molar-refractivity contribution in [2.75, 3.05) is 13.2 Å². The lowest BCUT2D eigenvalue weighted by Gasteiger charge is -2.20. The first kappa shape index (κ1) is 14.0. The Morgan fingerprint density at radius 3 is 2.31 bits per heavy atom. The number of para-hydroxylation sites is 1. The maximum Gasteiger partial charge on any atom is 0.183 e. The van der Waals surface area contributed by atoms with E-state index in [-0.39, 0.29) is 0 Å². The smallest absolute Gasteiger partial charge is 0.183 e. The van der Waals surface area contributed by atoms with Crippen molar-refractivity contribution in [3.8, 4) is 5.75 Å². The quantitative estimate of drug-likeness (QED) is 0.442. The van der Waals surface area contributed by atoms with Crippen molar-refractivity contribution in [1.29, 1.82) is 0 Å². The predicted molar refractivity (Wildman–Crippen MR) is 79.0 cm³/mol.